The van der Waals surface area contributed by atoms with Gasteiger partial charge in [0.2, 0.25) is 27.8 Å². The first-order chi connectivity index (χ1) is 30.0. The fourth-order valence-electron chi connectivity index (χ4n) is 6.95. The van der Waals surface area contributed by atoms with Gasteiger partial charge in [-0.2, -0.15) is 0 Å². The highest BCUT2D eigenvalue weighted by molar-refractivity contribution is 14.1. The number of nitrogens with zero attached hydrogens (tertiary/aromatic N) is 2. The van der Waals surface area contributed by atoms with Gasteiger partial charge in [-0.1, -0.05) is 72.8 Å². The number of carbonyl (C=O) groups excluding carboxylic acids is 2. The number of carbonyl (C=O) groups is 2. The number of ether oxygens (including phenoxy) is 1. The third-order valence-electron chi connectivity index (χ3n) is 10.2. The number of guanidine groups is 1. The number of aliphatic hydroxyl groups is 1. The van der Waals surface area contributed by atoms with Crippen LogP contribution in [0.4, 0.5) is 0 Å². The topological polar surface area (TPSA) is 231 Å². The van der Waals surface area contributed by atoms with E-state index in [0.29, 0.717) is 38.6 Å². The number of hydrogen-bond acceptors (Lipinski definition) is 11. The Kier molecular flexibility index (Phi) is 17.6. The van der Waals surface area contributed by atoms with E-state index in [-0.39, 0.29) is 48.8 Å². The zero-order chi connectivity index (χ0) is 45.7. The smallest absolute Gasteiger partial charge is 0.264 e. The van der Waals surface area contributed by atoms with Crippen LogP contribution in [-0.4, -0.2) is 76.5 Å². The van der Waals surface area contributed by atoms with Crippen LogP contribution in [0.3, 0.4) is 0 Å². The molecule has 0 saturated heterocycles. The standard InChI is InChI=1S/C44H52IN7O8S3/c1-28-24-38(60-4)29(2)30(3)40(28)63(58,59)52-44(46)48-21-11-16-35(39(53)43-47-22-23-61-43)49-41(54)36(25-32-17-19-34(45)20-18-32)50-42(55)37(26-31-12-7-5-8-13-31)51-62(56,57)27-33-14-9-6-10-15-33/h5-10,12-15,17-20,22-24,35-37,39,51,53H,11,16,21,25-27H2,1-4H3,(H,49,54)(H,50,55)(H3,46,48,52)/t35-,36-,37+,39?/m0/s1. The van der Waals surface area contributed by atoms with Crippen molar-refractivity contribution in [3.8, 4) is 5.75 Å². The molecule has 0 aliphatic heterocycles. The molecule has 1 heterocycles. The second kappa shape index (κ2) is 22.6. The summed E-state index contributed by atoms with van der Waals surface area (Å²) in [7, 11) is -6.64. The van der Waals surface area contributed by atoms with Crippen LogP contribution in [0.2, 0.25) is 0 Å². The number of aliphatic imine (C=N–C) groups is 1. The van der Waals surface area contributed by atoms with Gasteiger partial charge in [0.05, 0.1) is 23.8 Å². The molecule has 0 fully saturated rings. The van der Waals surface area contributed by atoms with Crippen molar-refractivity contribution in [1.82, 2.24) is 25.1 Å². The molecule has 0 bridgehead atoms. The van der Waals surface area contributed by atoms with E-state index in [1.807, 2.05) is 30.3 Å². The van der Waals surface area contributed by atoms with Crippen molar-refractivity contribution in [2.75, 3.05) is 13.7 Å². The average Bonchev–Trinajstić information content (AvgIpc) is 3.79. The van der Waals surface area contributed by atoms with Crippen LogP contribution in [0.1, 0.15) is 57.3 Å². The number of nitrogens with one attached hydrogen (secondary N) is 4. The number of methoxy groups -OCH3 is 1. The number of aliphatic hydroxyl groups excluding tert-OH is 1. The molecule has 19 heteroatoms. The normalized spacial score (nSPS) is 14.0. The van der Waals surface area contributed by atoms with E-state index in [1.54, 1.807) is 86.8 Å². The highest BCUT2D eigenvalue weighted by Crippen LogP contribution is 2.30. The molecule has 0 radical (unpaired) electrons. The lowest BCUT2D eigenvalue weighted by Gasteiger charge is -2.27. The Labute approximate surface area is 386 Å². The van der Waals surface area contributed by atoms with Crippen LogP contribution in [-0.2, 0) is 48.2 Å². The minimum Gasteiger partial charge on any atom is -0.496 e. The number of rotatable bonds is 21. The first-order valence-corrected chi connectivity index (χ1v) is 25.0. The number of aryl methyl sites for hydroxylation is 1. The fourth-order valence-corrected chi connectivity index (χ4v) is 10.8. The van der Waals surface area contributed by atoms with E-state index in [0.717, 1.165) is 9.13 Å². The number of halogens is 1. The van der Waals surface area contributed by atoms with Gasteiger partial charge in [-0.15, -0.1) is 11.3 Å². The fraction of sp³-hybridized carbons (Fsp3) is 0.318. The Bertz CT molecular complexity index is 2570. The summed E-state index contributed by atoms with van der Waals surface area (Å²) in [5, 5.41) is 19.3. The molecule has 4 atom stereocenters. The second-order valence-electron chi connectivity index (χ2n) is 14.9. The summed E-state index contributed by atoms with van der Waals surface area (Å²) < 4.78 is 65.1. The van der Waals surface area contributed by atoms with Gasteiger partial charge in [0.1, 0.15) is 28.9 Å². The summed E-state index contributed by atoms with van der Waals surface area (Å²) in [5.41, 5.74) is 9.67. The van der Waals surface area contributed by atoms with E-state index < -0.39 is 56.1 Å². The Hall–Kier alpha value is -4.93. The number of amides is 2. The maximum absolute atomic E-state index is 14.4. The van der Waals surface area contributed by atoms with Crippen LogP contribution in [0.25, 0.3) is 0 Å². The van der Waals surface area contributed by atoms with E-state index in [4.69, 9.17) is 10.5 Å². The molecule has 0 aliphatic carbocycles. The maximum atomic E-state index is 14.4. The van der Waals surface area contributed by atoms with Gasteiger partial charge in [0.15, 0.2) is 0 Å². The Morgan fingerprint density at radius 3 is 2.08 bits per heavy atom. The summed E-state index contributed by atoms with van der Waals surface area (Å²) in [4.78, 5) is 37.1. The molecule has 5 aromatic rings. The molecular formula is C44H52IN7O8S3. The lowest BCUT2D eigenvalue weighted by atomic mass is 10.0. The van der Waals surface area contributed by atoms with Crippen molar-refractivity contribution in [3.05, 3.63) is 145 Å². The molecule has 63 heavy (non-hydrogen) atoms. The molecule has 4 aromatic carbocycles. The maximum Gasteiger partial charge on any atom is 0.264 e. The van der Waals surface area contributed by atoms with Crippen LogP contribution in [0, 0.1) is 24.3 Å². The van der Waals surface area contributed by atoms with Gasteiger partial charge in [-0.3, -0.25) is 14.6 Å². The first kappa shape index (κ1) is 49.1. The first-order valence-electron chi connectivity index (χ1n) is 19.9. The molecule has 0 saturated carbocycles. The van der Waals surface area contributed by atoms with Gasteiger partial charge >= 0.3 is 0 Å². The molecule has 5 rings (SSSR count). The largest absolute Gasteiger partial charge is 0.496 e. The predicted molar refractivity (Wildman–Crippen MR) is 253 cm³/mol. The minimum absolute atomic E-state index is 0.00269. The Morgan fingerprint density at radius 2 is 1.46 bits per heavy atom. The lowest BCUT2D eigenvalue weighted by Crippen LogP contribution is -2.56. The SMILES string of the molecule is COc1cc(C)c(S(=O)(=O)NC(N)=NCCC[C@H](NC(=O)[C@H](Cc2ccc(I)cc2)NC(=O)[C@@H](Cc2ccccc2)NS(=O)(=O)Cc2ccccc2)C(O)c2nccs2)c(C)c1C. The molecule has 0 spiro atoms. The molecule has 0 aliphatic rings. The summed E-state index contributed by atoms with van der Waals surface area (Å²) in [5.74, 6) is -1.50. The zero-order valence-electron chi connectivity index (χ0n) is 35.2. The van der Waals surface area contributed by atoms with Gasteiger partial charge in [0.25, 0.3) is 10.0 Å². The van der Waals surface area contributed by atoms with E-state index >= 15 is 0 Å². The third kappa shape index (κ3) is 14.3. The third-order valence-corrected chi connectivity index (χ3v) is 14.7. The number of hydrogen-bond donors (Lipinski definition) is 6. The average molecular weight is 1030 g/mol. The second-order valence-corrected chi connectivity index (χ2v) is 20.5. The van der Waals surface area contributed by atoms with Gasteiger partial charge in [0, 0.05) is 28.1 Å². The summed E-state index contributed by atoms with van der Waals surface area (Å²) in [6.07, 6.45) is 0.694. The number of thiazole rings is 1. The van der Waals surface area contributed by atoms with Crippen LogP contribution >= 0.6 is 33.9 Å². The van der Waals surface area contributed by atoms with Crippen molar-refractivity contribution < 1.29 is 36.3 Å². The van der Waals surface area contributed by atoms with Crippen molar-refractivity contribution >= 4 is 71.7 Å². The summed E-state index contributed by atoms with van der Waals surface area (Å²) >= 11 is 3.36. The van der Waals surface area contributed by atoms with Crippen molar-refractivity contribution in [2.24, 2.45) is 10.7 Å². The predicted octanol–water partition coefficient (Wildman–Crippen LogP) is 4.73. The minimum atomic E-state index is -4.12. The number of benzene rings is 4. The van der Waals surface area contributed by atoms with E-state index in [9.17, 15) is 31.5 Å². The molecule has 7 N–H and O–H groups in total. The number of nitrogens with two attached hydrogens (primary N) is 1. The molecular weight excluding hydrogens is 978 g/mol. The van der Waals surface area contributed by atoms with Crippen molar-refractivity contribution in [3.63, 3.8) is 0 Å². The van der Waals surface area contributed by atoms with Crippen LogP contribution < -0.4 is 30.5 Å². The van der Waals surface area contributed by atoms with Crippen molar-refractivity contribution in [1.29, 1.82) is 0 Å². The summed E-state index contributed by atoms with van der Waals surface area (Å²) in [6, 6.07) is 23.1. The quantitative estimate of drug-likeness (QED) is 0.0256. The van der Waals surface area contributed by atoms with Gasteiger partial charge < -0.3 is 26.2 Å². The van der Waals surface area contributed by atoms with Gasteiger partial charge in [-0.25, -0.2) is 31.3 Å². The molecule has 336 valence electrons. The van der Waals surface area contributed by atoms with E-state index in [1.165, 1.54) is 24.6 Å². The molecule has 2 amide bonds. The van der Waals surface area contributed by atoms with E-state index in [2.05, 4.69) is 52.6 Å². The summed E-state index contributed by atoms with van der Waals surface area (Å²) in [6.45, 7) is 5.13. The van der Waals surface area contributed by atoms with Crippen LogP contribution in [0.15, 0.2) is 112 Å². The van der Waals surface area contributed by atoms with Crippen molar-refractivity contribution in [2.45, 2.75) is 81.3 Å². The number of sulfonamides is 2. The molecule has 15 nitrogen and oxygen atoms in total. The highest BCUT2D eigenvalue weighted by Gasteiger charge is 2.32. The molecule has 1 unspecified atom stereocenters. The lowest BCUT2D eigenvalue weighted by molar-refractivity contribution is -0.130. The monoisotopic (exact) mass is 1030 g/mol. The Morgan fingerprint density at radius 1 is 0.857 bits per heavy atom. The van der Waals surface area contributed by atoms with Crippen LogP contribution in [0.5, 0.6) is 5.75 Å². The Balaban J connectivity index is 1.35. The number of aromatic nitrogens is 1. The molecule has 1 aromatic heterocycles. The zero-order valence-corrected chi connectivity index (χ0v) is 39.9. The van der Waals surface area contributed by atoms with Gasteiger partial charge in [-0.05, 0) is 114 Å². The highest BCUT2D eigenvalue weighted by atomic mass is 127.